The van der Waals surface area contributed by atoms with Crippen LogP contribution in [0.5, 0.6) is 0 Å². The second-order valence-electron chi connectivity index (χ2n) is 13.4. The van der Waals surface area contributed by atoms with Crippen LogP contribution in [-0.4, -0.2) is 71.3 Å². The highest BCUT2D eigenvalue weighted by atomic mass is 16.5. The standard InChI is InChI=1S/C38H78O6/c1-3-5-7-9-11-13-15-17-19-21-23-25-27-29-31-43-34-36(38(42)37(41)35(40)33-39)44-32-30-28-26-24-22-20-18-16-14-12-10-8-6-4-2/h35-42H,3-34H2,1-2H3/t35-,36-,37-,38-/m1/s1. The van der Waals surface area contributed by atoms with Gasteiger partial charge in [-0.25, -0.2) is 0 Å². The number of hydrogen-bond donors (Lipinski definition) is 4. The third kappa shape index (κ3) is 29.2. The third-order valence-corrected chi connectivity index (χ3v) is 9.07. The fourth-order valence-electron chi connectivity index (χ4n) is 5.93. The minimum atomic E-state index is -1.47. The molecule has 0 aliphatic heterocycles. The molecular weight excluding hydrogens is 552 g/mol. The van der Waals surface area contributed by atoms with Crippen molar-refractivity contribution in [2.45, 2.75) is 218 Å². The molecule has 0 spiro atoms. The quantitative estimate of drug-likeness (QED) is 0.0510. The first-order chi connectivity index (χ1) is 21.6. The number of aliphatic hydroxyl groups is 4. The summed E-state index contributed by atoms with van der Waals surface area (Å²) in [4.78, 5) is 0. The molecule has 0 aromatic heterocycles. The van der Waals surface area contributed by atoms with E-state index in [1.54, 1.807) is 0 Å². The molecule has 0 aliphatic carbocycles. The van der Waals surface area contributed by atoms with Gasteiger partial charge in [-0.2, -0.15) is 0 Å². The minimum Gasteiger partial charge on any atom is -0.394 e. The smallest absolute Gasteiger partial charge is 0.111 e. The molecule has 0 aromatic rings. The maximum Gasteiger partial charge on any atom is 0.111 e. The van der Waals surface area contributed by atoms with Crippen molar-refractivity contribution in [3.63, 3.8) is 0 Å². The van der Waals surface area contributed by atoms with E-state index in [9.17, 15) is 20.4 Å². The topological polar surface area (TPSA) is 99.4 Å². The molecular formula is C38H78O6. The van der Waals surface area contributed by atoms with Gasteiger partial charge in [-0.15, -0.1) is 0 Å². The van der Waals surface area contributed by atoms with E-state index in [0.717, 1.165) is 25.7 Å². The fourth-order valence-corrected chi connectivity index (χ4v) is 5.93. The number of unbranched alkanes of at least 4 members (excludes halogenated alkanes) is 26. The summed E-state index contributed by atoms with van der Waals surface area (Å²) in [6.45, 7) is 5.19. The van der Waals surface area contributed by atoms with Gasteiger partial charge >= 0.3 is 0 Å². The molecule has 0 aliphatic rings. The van der Waals surface area contributed by atoms with E-state index < -0.39 is 31.0 Å². The molecule has 0 rings (SSSR count). The van der Waals surface area contributed by atoms with Crippen molar-refractivity contribution in [3.05, 3.63) is 0 Å². The minimum absolute atomic E-state index is 0.174. The second-order valence-corrected chi connectivity index (χ2v) is 13.4. The molecule has 0 aromatic carbocycles. The van der Waals surface area contributed by atoms with E-state index in [2.05, 4.69) is 13.8 Å². The van der Waals surface area contributed by atoms with Crippen LogP contribution in [0.3, 0.4) is 0 Å². The molecule has 0 fully saturated rings. The Kier molecular flexibility index (Phi) is 35.4. The van der Waals surface area contributed by atoms with Crippen LogP contribution in [0.15, 0.2) is 0 Å². The highest BCUT2D eigenvalue weighted by Crippen LogP contribution is 2.16. The fraction of sp³-hybridized carbons (Fsp3) is 1.00. The van der Waals surface area contributed by atoms with Gasteiger partial charge in [0.15, 0.2) is 0 Å². The molecule has 0 bridgehead atoms. The van der Waals surface area contributed by atoms with Gasteiger partial charge < -0.3 is 29.9 Å². The van der Waals surface area contributed by atoms with E-state index in [1.807, 2.05) is 0 Å². The van der Waals surface area contributed by atoms with E-state index in [1.165, 1.54) is 154 Å². The predicted octanol–water partition coefficient (Wildman–Crippen LogP) is 9.43. The summed E-state index contributed by atoms with van der Waals surface area (Å²) in [6, 6.07) is 0. The van der Waals surface area contributed by atoms with E-state index in [4.69, 9.17) is 9.47 Å². The lowest BCUT2D eigenvalue weighted by atomic mass is 10.0. The number of ether oxygens (including phenoxy) is 2. The van der Waals surface area contributed by atoms with Crippen LogP contribution in [0.4, 0.5) is 0 Å². The van der Waals surface area contributed by atoms with Crippen LogP contribution >= 0.6 is 0 Å². The summed E-state index contributed by atoms with van der Waals surface area (Å²) in [5.41, 5.74) is 0. The summed E-state index contributed by atoms with van der Waals surface area (Å²) in [7, 11) is 0. The van der Waals surface area contributed by atoms with Crippen molar-refractivity contribution in [2.24, 2.45) is 0 Å². The monoisotopic (exact) mass is 631 g/mol. The Balaban J connectivity index is 3.89. The molecule has 0 unspecified atom stereocenters. The Morgan fingerprint density at radius 1 is 0.409 bits per heavy atom. The second kappa shape index (κ2) is 35.6. The Morgan fingerprint density at radius 3 is 1.07 bits per heavy atom. The van der Waals surface area contributed by atoms with Crippen LogP contribution in [0, 0.1) is 0 Å². The molecule has 0 saturated heterocycles. The van der Waals surface area contributed by atoms with Crippen LogP contribution in [0.25, 0.3) is 0 Å². The van der Waals surface area contributed by atoms with E-state index >= 15 is 0 Å². The van der Waals surface area contributed by atoms with E-state index in [-0.39, 0.29) is 6.61 Å². The summed E-state index contributed by atoms with van der Waals surface area (Å²) >= 11 is 0. The van der Waals surface area contributed by atoms with Crippen molar-refractivity contribution < 1.29 is 29.9 Å². The van der Waals surface area contributed by atoms with Crippen LogP contribution < -0.4 is 0 Å². The van der Waals surface area contributed by atoms with Crippen molar-refractivity contribution in [2.75, 3.05) is 26.4 Å². The van der Waals surface area contributed by atoms with Crippen LogP contribution in [-0.2, 0) is 9.47 Å². The molecule has 44 heavy (non-hydrogen) atoms. The van der Waals surface area contributed by atoms with E-state index in [0.29, 0.717) is 13.2 Å². The average Bonchev–Trinajstić information content (AvgIpc) is 3.04. The SMILES string of the molecule is CCCCCCCCCCCCCCCCOC[C@@H](OCCCCCCCCCCCCCCCC)[C@@H](O)[C@H](O)[C@H](O)CO. The molecule has 266 valence electrons. The number of aliphatic hydroxyl groups excluding tert-OH is 4. The lowest BCUT2D eigenvalue weighted by molar-refractivity contribution is -0.147. The van der Waals surface area contributed by atoms with Gasteiger partial charge in [0, 0.05) is 13.2 Å². The van der Waals surface area contributed by atoms with Gasteiger partial charge in [-0.05, 0) is 12.8 Å². The summed E-state index contributed by atoms with van der Waals surface area (Å²) in [5, 5.41) is 39.8. The zero-order chi connectivity index (χ0) is 32.4. The van der Waals surface area contributed by atoms with Crippen LogP contribution in [0.2, 0.25) is 0 Å². The van der Waals surface area contributed by atoms with Gasteiger partial charge in [-0.3, -0.25) is 0 Å². The first kappa shape index (κ1) is 43.8. The van der Waals surface area contributed by atoms with Gasteiger partial charge in [0.2, 0.25) is 0 Å². The molecule has 0 heterocycles. The summed E-state index contributed by atoms with van der Waals surface area (Å²) in [6.07, 6.45) is 31.6. The van der Waals surface area contributed by atoms with Gasteiger partial charge in [-0.1, -0.05) is 181 Å². The Morgan fingerprint density at radius 2 is 0.727 bits per heavy atom. The zero-order valence-corrected chi connectivity index (χ0v) is 29.5. The highest BCUT2D eigenvalue weighted by Gasteiger charge is 2.32. The maximum atomic E-state index is 10.6. The first-order valence-corrected chi connectivity index (χ1v) is 19.4. The number of hydrogen-bond acceptors (Lipinski definition) is 6. The molecule has 4 atom stereocenters. The zero-order valence-electron chi connectivity index (χ0n) is 29.5. The van der Waals surface area contributed by atoms with Crippen molar-refractivity contribution >= 4 is 0 Å². The predicted molar refractivity (Wildman–Crippen MR) is 186 cm³/mol. The van der Waals surface area contributed by atoms with Gasteiger partial charge in [0.05, 0.1) is 13.2 Å². The molecule has 6 nitrogen and oxygen atoms in total. The van der Waals surface area contributed by atoms with Gasteiger partial charge in [0.1, 0.15) is 24.4 Å². The largest absolute Gasteiger partial charge is 0.394 e. The first-order valence-electron chi connectivity index (χ1n) is 19.4. The van der Waals surface area contributed by atoms with Crippen molar-refractivity contribution in [3.8, 4) is 0 Å². The average molecular weight is 631 g/mol. The molecule has 0 saturated carbocycles. The Hall–Kier alpha value is -0.240. The number of rotatable bonds is 37. The summed E-state index contributed by atoms with van der Waals surface area (Å²) in [5.74, 6) is 0. The van der Waals surface area contributed by atoms with Gasteiger partial charge in [0.25, 0.3) is 0 Å². The Bertz CT molecular complexity index is 533. The van der Waals surface area contributed by atoms with Crippen LogP contribution in [0.1, 0.15) is 194 Å². The lowest BCUT2D eigenvalue weighted by Gasteiger charge is -2.29. The molecule has 0 amide bonds. The molecule has 6 heteroatoms. The third-order valence-electron chi connectivity index (χ3n) is 9.07. The normalized spacial score (nSPS) is 14.6. The van der Waals surface area contributed by atoms with Crippen molar-refractivity contribution in [1.82, 2.24) is 0 Å². The van der Waals surface area contributed by atoms with Crippen molar-refractivity contribution in [1.29, 1.82) is 0 Å². The molecule has 0 radical (unpaired) electrons. The Labute approximate surface area is 274 Å². The lowest BCUT2D eigenvalue weighted by Crippen LogP contribution is -2.48. The highest BCUT2D eigenvalue weighted by molar-refractivity contribution is 4.81. The molecule has 4 N–H and O–H groups in total. The maximum absolute atomic E-state index is 10.6. The summed E-state index contributed by atoms with van der Waals surface area (Å²) < 4.78 is 11.7.